The first-order valence-electron chi connectivity index (χ1n) is 5.91. The van der Waals surface area contributed by atoms with E-state index in [4.69, 9.17) is 34.9 Å². The van der Waals surface area contributed by atoms with Crippen LogP contribution in [-0.2, 0) is 15.6 Å². The number of hydrogen-bond donors (Lipinski definition) is 3. The Morgan fingerprint density at radius 3 is 2.59 bits per heavy atom. The highest BCUT2D eigenvalue weighted by molar-refractivity contribution is 7.91. The third-order valence-corrected chi connectivity index (χ3v) is 4.73. The number of aromatic nitrogens is 3. The molecule has 1 aromatic heterocycles. The fourth-order valence-electron chi connectivity index (χ4n) is 1.71. The van der Waals surface area contributed by atoms with Crippen molar-refractivity contribution >= 4 is 39.4 Å². The lowest BCUT2D eigenvalue weighted by molar-refractivity contribution is 0.319. The van der Waals surface area contributed by atoms with E-state index in [9.17, 15) is 8.42 Å². The Kier molecular flexibility index (Phi) is 4.84. The second-order valence-corrected chi connectivity index (χ2v) is 7.29. The molecule has 0 amide bonds. The lowest BCUT2D eigenvalue weighted by Gasteiger charge is -2.06. The lowest BCUT2D eigenvalue weighted by Crippen LogP contribution is -2.22. The van der Waals surface area contributed by atoms with Crippen LogP contribution in [0, 0.1) is 4.77 Å². The van der Waals surface area contributed by atoms with E-state index < -0.39 is 21.3 Å². The van der Waals surface area contributed by atoms with Gasteiger partial charge in [0.25, 0.3) is 0 Å². The number of oxime groups is 1. The van der Waals surface area contributed by atoms with E-state index in [1.54, 1.807) is 24.3 Å². The first kappa shape index (κ1) is 16.5. The van der Waals surface area contributed by atoms with Crippen molar-refractivity contribution in [2.24, 2.45) is 5.16 Å². The molecule has 0 aliphatic rings. The highest BCUT2D eigenvalue weighted by Crippen LogP contribution is 2.12. The lowest BCUT2D eigenvalue weighted by atomic mass is 10.1. The van der Waals surface area contributed by atoms with Crippen LogP contribution < -0.4 is 5.84 Å². The van der Waals surface area contributed by atoms with E-state index >= 15 is 0 Å². The molecule has 22 heavy (non-hydrogen) atoms. The van der Waals surface area contributed by atoms with Crippen molar-refractivity contribution in [2.45, 2.75) is 5.75 Å². The fraction of sp³-hybridized carbons (Fsp3) is 0.182. The predicted molar refractivity (Wildman–Crippen MR) is 84.8 cm³/mol. The van der Waals surface area contributed by atoms with E-state index in [-0.39, 0.29) is 16.3 Å². The number of halogens is 1. The summed E-state index contributed by atoms with van der Waals surface area (Å²) in [5.41, 5.74) is 0.441. The van der Waals surface area contributed by atoms with Crippen molar-refractivity contribution in [3.63, 3.8) is 0 Å². The van der Waals surface area contributed by atoms with E-state index in [0.717, 1.165) is 4.68 Å². The highest BCUT2D eigenvalue weighted by atomic mass is 35.5. The summed E-state index contributed by atoms with van der Waals surface area (Å²) in [5.74, 6) is 4.71. The van der Waals surface area contributed by atoms with Crippen molar-refractivity contribution < 1.29 is 13.6 Å². The van der Waals surface area contributed by atoms with Crippen LogP contribution in [-0.4, -0.2) is 40.0 Å². The van der Waals surface area contributed by atoms with Crippen LogP contribution in [0.3, 0.4) is 0 Å². The quantitative estimate of drug-likeness (QED) is 0.241. The van der Waals surface area contributed by atoms with E-state index in [2.05, 4.69) is 15.4 Å². The van der Waals surface area contributed by atoms with Crippen molar-refractivity contribution in [3.8, 4) is 0 Å². The van der Waals surface area contributed by atoms with Gasteiger partial charge in [-0.25, -0.2) is 13.1 Å². The molecule has 0 radical (unpaired) electrons. The normalized spacial score (nSPS) is 12.5. The van der Waals surface area contributed by atoms with Gasteiger partial charge in [0.2, 0.25) is 4.77 Å². The predicted octanol–water partition coefficient (Wildman–Crippen LogP) is 1.10. The maximum absolute atomic E-state index is 12.2. The fourth-order valence-corrected chi connectivity index (χ4v) is 3.32. The van der Waals surface area contributed by atoms with Gasteiger partial charge in [-0.2, -0.15) is 5.10 Å². The molecule has 11 heteroatoms. The number of benzene rings is 1. The molecule has 2 aromatic rings. The summed E-state index contributed by atoms with van der Waals surface area (Å²) in [6.45, 7) is 0. The van der Waals surface area contributed by atoms with Gasteiger partial charge in [0.05, 0.1) is 5.75 Å². The minimum atomic E-state index is -3.67. The number of nitrogen functional groups attached to an aromatic ring is 1. The van der Waals surface area contributed by atoms with Gasteiger partial charge >= 0.3 is 0 Å². The Morgan fingerprint density at radius 2 is 2.09 bits per heavy atom. The van der Waals surface area contributed by atoms with Crippen molar-refractivity contribution in [3.05, 3.63) is 45.4 Å². The minimum absolute atomic E-state index is 0.00521. The number of rotatable bonds is 5. The molecule has 4 N–H and O–H groups in total. The van der Waals surface area contributed by atoms with Crippen LogP contribution >= 0.6 is 23.8 Å². The van der Waals surface area contributed by atoms with Gasteiger partial charge in [0, 0.05) is 10.6 Å². The van der Waals surface area contributed by atoms with Gasteiger partial charge in [-0.1, -0.05) is 28.9 Å². The monoisotopic (exact) mass is 361 g/mol. The number of sulfone groups is 1. The Hall–Kier alpha value is -1.91. The molecule has 0 atom stereocenters. The molecule has 2 rings (SSSR count). The molecular weight excluding hydrogens is 350 g/mol. The molecule has 1 aromatic carbocycles. The molecule has 8 nitrogen and oxygen atoms in total. The van der Waals surface area contributed by atoms with Crippen LogP contribution in [0.15, 0.2) is 29.4 Å². The first-order chi connectivity index (χ1) is 10.3. The Labute approximate surface area is 136 Å². The molecule has 0 saturated heterocycles. The number of nitrogens with one attached hydrogen (secondary N) is 1. The topological polar surface area (TPSA) is 126 Å². The third kappa shape index (κ3) is 3.84. The van der Waals surface area contributed by atoms with Crippen molar-refractivity contribution in [2.75, 3.05) is 11.6 Å². The van der Waals surface area contributed by atoms with E-state index in [1.807, 2.05) is 0 Å². The summed E-state index contributed by atoms with van der Waals surface area (Å²) in [7, 11) is -3.67. The largest absolute Gasteiger partial charge is 0.411 e. The maximum Gasteiger partial charge on any atom is 0.214 e. The molecule has 118 valence electrons. The second kappa shape index (κ2) is 6.46. The number of H-pyrrole nitrogens is 1. The average Bonchev–Trinajstić information content (AvgIpc) is 2.77. The molecule has 1 heterocycles. The number of hydrogen-bond acceptors (Lipinski definition) is 7. The molecule has 0 fully saturated rings. The van der Waals surface area contributed by atoms with Gasteiger partial charge in [0.15, 0.2) is 15.7 Å². The first-order valence-corrected chi connectivity index (χ1v) is 8.52. The summed E-state index contributed by atoms with van der Waals surface area (Å²) in [6, 6.07) is 6.26. The Bertz CT molecular complexity index is 855. The average molecular weight is 362 g/mol. The maximum atomic E-state index is 12.2. The zero-order valence-electron chi connectivity index (χ0n) is 11.1. The number of nitrogens with zero attached hydrogens (tertiary/aromatic N) is 3. The van der Waals surface area contributed by atoms with Crippen LogP contribution in [0.2, 0.25) is 5.02 Å². The third-order valence-electron chi connectivity index (χ3n) is 2.78. The Balaban J connectivity index is 2.21. The minimum Gasteiger partial charge on any atom is -0.411 e. The number of aromatic amines is 1. The van der Waals surface area contributed by atoms with Crippen LogP contribution in [0.5, 0.6) is 0 Å². The van der Waals surface area contributed by atoms with Gasteiger partial charge in [-0.3, -0.25) is 5.10 Å². The zero-order valence-corrected chi connectivity index (χ0v) is 13.5. The number of nitrogens with two attached hydrogens (primary N) is 1. The second-order valence-electron chi connectivity index (χ2n) is 4.40. The Morgan fingerprint density at radius 1 is 1.45 bits per heavy atom. The molecule has 0 bridgehead atoms. The SMILES string of the molecule is Nn1c(CS(=O)(=O)C/C(=N/O)c2ccc(Cl)cc2)n[nH]c1=S. The standard InChI is InChI=1S/C11H12ClN5O3S2/c12-8-3-1-7(2-4-8)9(16-18)5-22(19,20)6-10-14-15-11(21)17(10)13/h1-4,18H,5-6,13H2,(H,15,21)/b16-9-. The molecule has 0 aliphatic carbocycles. The summed E-state index contributed by atoms with van der Waals surface area (Å²) in [4.78, 5) is 0. The van der Waals surface area contributed by atoms with E-state index in [0.29, 0.717) is 10.6 Å². The van der Waals surface area contributed by atoms with Crippen LogP contribution in [0.4, 0.5) is 0 Å². The van der Waals surface area contributed by atoms with Crippen LogP contribution in [0.25, 0.3) is 0 Å². The smallest absolute Gasteiger partial charge is 0.214 e. The van der Waals surface area contributed by atoms with Gasteiger partial charge in [-0.05, 0) is 24.4 Å². The summed E-state index contributed by atoms with van der Waals surface area (Å²) in [6.07, 6.45) is 0. The molecule has 0 spiro atoms. The summed E-state index contributed by atoms with van der Waals surface area (Å²) >= 11 is 10.6. The van der Waals surface area contributed by atoms with Gasteiger partial charge in [-0.15, -0.1) is 0 Å². The van der Waals surface area contributed by atoms with Crippen molar-refractivity contribution in [1.29, 1.82) is 0 Å². The zero-order chi connectivity index (χ0) is 16.3. The van der Waals surface area contributed by atoms with E-state index in [1.165, 1.54) is 0 Å². The summed E-state index contributed by atoms with van der Waals surface area (Å²) in [5, 5.41) is 18.7. The molecule has 0 aliphatic heterocycles. The molecular formula is C11H12ClN5O3S2. The molecule has 0 saturated carbocycles. The van der Waals surface area contributed by atoms with Gasteiger partial charge in [0.1, 0.15) is 11.5 Å². The van der Waals surface area contributed by atoms with Gasteiger partial charge < -0.3 is 11.0 Å². The molecule has 0 unspecified atom stereocenters. The van der Waals surface area contributed by atoms with Crippen LogP contribution in [0.1, 0.15) is 11.4 Å². The highest BCUT2D eigenvalue weighted by Gasteiger charge is 2.20. The van der Waals surface area contributed by atoms with Crippen molar-refractivity contribution in [1.82, 2.24) is 14.9 Å². The summed E-state index contributed by atoms with van der Waals surface area (Å²) < 4.78 is 25.5.